The average Bonchev–Trinajstić information content (AvgIpc) is 2.87. The molecule has 4 heteroatoms. The largest absolute Gasteiger partial charge is 0.311 e. The molecule has 1 N–H and O–H groups in total. The van der Waals surface area contributed by atoms with Crippen molar-refractivity contribution in [1.82, 2.24) is 20.3 Å². The molecule has 0 bridgehead atoms. The van der Waals surface area contributed by atoms with Crippen LogP contribution in [0.2, 0.25) is 0 Å². The van der Waals surface area contributed by atoms with Gasteiger partial charge in [0.15, 0.2) is 0 Å². The lowest BCUT2D eigenvalue weighted by Gasteiger charge is -2.06. The lowest BCUT2D eigenvalue weighted by Crippen LogP contribution is -2.19. The summed E-state index contributed by atoms with van der Waals surface area (Å²) in [6, 6.07) is 8.31. The Kier molecular flexibility index (Phi) is 4.68. The number of para-hydroxylation sites is 1. The molecule has 0 spiro atoms. The first-order valence-corrected chi connectivity index (χ1v) is 6.91. The number of hydrogen-bond donors (Lipinski definition) is 1. The van der Waals surface area contributed by atoms with E-state index in [2.05, 4.69) is 54.6 Å². The molecule has 1 aromatic carbocycles. The molecular formula is C15H22N4. The van der Waals surface area contributed by atoms with E-state index < -0.39 is 0 Å². The van der Waals surface area contributed by atoms with Crippen molar-refractivity contribution in [2.45, 2.75) is 33.7 Å². The first-order valence-electron chi connectivity index (χ1n) is 6.91. The number of aromatic nitrogens is 3. The minimum absolute atomic E-state index is 0.649. The Morgan fingerprint density at radius 3 is 2.79 bits per heavy atom. The van der Waals surface area contributed by atoms with Crippen molar-refractivity contribution in [3.63, 3.8) is 0 Å². The standard InChI is InChI=1S/C15H22N4/c1-4-13-7-5-6-8-15(13)19-11-14(17-18-19)10-16-9-12(2)3/h5-8,11-12,16H,4,9-10H2,1-3H3. The third-order valence-electron chi connectivity index (χ3n) is 3.02. The van der Waals surface area contributed by atoms with Crippen molar-refractivity contribution >= 4 is 0 Å². The van der Waals surface area contributed by atoms with E-state index in [1.807, 2.05) is 16.9 Å². The molecule has 0 radical (unpaired) electrons. The zero-order chi connectivity index (χ0) is 13.7. The fraction of sp³-hybridized carbons (Fsp3) is 0.467. The molecule has 4 nitrogen and oxygen atoms in total. The van der Waals surface area contributed by atoms with Crippen molar-refractivity contribution in [3.05, 3.63) is 41.7 Å². The van der Waals surface area contributed by atoms with Crippen molar-refractivity contribution in [1.29, 1.82) is 0 Å². The smallest absolute Gasteiger partial charge is 0.0969 e. The van der Waals surface area contributed by atoms with Crippen LogP contribution in [0.3, 0.4) is 0 Å². The molecule has 2 aromatic rings. The van der Waals surface area contributed by atoms with Gasteiger partial charge in [-0.25, -0.2) is 4.68 Å². The molecule has 1 heterocycles. The Morgan fingerprint density at radius 1 is 1.26 bits per heavy atom. The van der Waals surface area contributed by atoms with E-state index >= 15 is 0 Å². The Morgan fingerprint density at radius 2 is 2.05 bits per heavy atom. The molecule has 0 aliphatic rings. The minimum atomic E-state index is 0.649. The zero-order valence-corrected chi connectivity index (χ0v) is 11.9. The highest BCUT2D eigenvalue weighted by molar-refractivity contribution is 5.40. The Bertz CT molecular complexity index is 516. The predicted molar refractivity (Wildman–Crippen MR) is 77.3 cm³/mol. The van der Waals surface area contributed by atoms with E-state index in [1.165, 1.54) is 5.56 Å². The minimum Gasteiger partial charge on any atom is -0.311 e. The van der Waals surface area contributed by atoms with Crippen LogP contribution in [0.4, 0.5) is 0 Å². The molecule has 2 rings (SSSR count). The summed E-state index contributed by atoms with van der Waals surface area (Å²) in [5, 5.41) is 11.8. The second-order valence-electron chi connectivity index (χ2n) is 5.16. The summed E-state index contributed by atoms with van der Waals surface area (Å²) in [5.41, 5.74) is 3.38. The van der Waals surface area contributed by atoms with Gasteiger partial charge in [-0.1, -0.05) is 44.2 Å². The average molecular weight is 258 g/mol. The van der Waals surface area contributed by atoms with E-state index in [0.717, 1.165) is 30.9 Å². The number of rotatable bonds is 6. The van der Waals surface area contributed by atoms with Crippen molar-refractivity contribution in [3.8, 4) is 5.69 Å². The van der Waals surface area contributed by atoms with Crippen LogP contribution in [0.5, 0.6) is 0 Å². The van der Waals surface area contributed by atoms with E-state index in [4.69, 9.17) is 0 Å². The van der Waals surface area contributed by atoms with Gasteiger partial charge in [0.05, 0.1) is 17.6 Å². The number of nitrogens with zero attached hydrogens (tertiary/aromatic N) is 3. The van der Waals surface area contributed by atoms with Crippen LogP contribution in [0, 0.1) is 5.92 Å². The second-order valence-corrected chi connectivity index (χ2v) is 5.16. The normalized spacial score (nSPS) is 11.2. The molecule has 0 unspecified atom stereocenters. The molecule has 102 valence electrons. The fourth-order valence-corrected chi connectivity index (χ4v) is 2.02. The molecule has 0 aliphatic carbocycles. The first kappa shape index (κ1) is 13.7. The van der Waals surface area contributed by atoms with E-state index in [1.54, 1.807) is 0 Å². The molecule has 19 heavy (non-hydrogen) atoms. The summed E-state index contributed by atoms with van der Waals surface area (Å²) < 4.78 is 1.87. The van der Waals surface area contributed by atoms with Crippen molar-refractivity contribution < 1.29 is 0 Å². The summed E-state index contributed by atoms with van der Waals surface area (Å²) in [7, 11) is 0. The molecule has 0 amide bonds. The van der Waals surface area contributed by atoms with Gasteiger partial charge < -0.3 is 5.32 Å². The quantitative estimate of drug-likeness (QED) is 0.866. The van der Waals surface area contributed by atoms with Gasteiger partial charge in [0, 0.05) is 6.54 Å². The third-order valence-corrected chi connectivity index (χ3v) is 3.02. The van der Waals surface area contributed by atoms with Crippen molar-refractivity contribution in [2.24, 2.45) is 5.92 Å². The summed E-state index contributed by atoms with van der Waals surface area (Å²) in [4.78, 5) is 0. The van der Waals surface area contributed by atoms with Crippen LogP contribution < -0.4 is 5.32 Å². The fourth-order valence-electron chi connectivity index (χ4n) is 2.02. The Balaban J connectivity index is 2.08. The van der Waals surface area contributed by atoms with Gasteiger partial charge in [-0.05, 0) is 30.5 Å². The SMILES string of the molecule is CCc1ccccc1-n1cc(CNCC(C)C)nn1. The van der Waals surface area contributed by atoms with Crippen LogP contribution in [-0.2, 0) is 13.0 Å². The first-order chi connectivity index (χ1) is 9.20. The van der Waals surface area contributed by atoms with Crippen LogP contribution >= 0.6 is 0 Å². The van der Waals surface area contributed by atoms with Gasteiger partial charge in [-0.3, -0.25) is 0 Å². The summed E-state index contributed by atoms with van der Waals surface area (Å²) in [6.07, 6.45) is 3.00. The van der Waals surface area contributed by atoms with Crippen LogP contribution in [0.15, 0.2) is 30.5 Å². The topological polar surface area (TPSA) is 42.7 Å². The molecule has 0 saturated carbocycles. The van der Waals surface area contributed by atoms with Crippen LogP contribution in [0.25, 0.3) is 5.69 Å². The number of nitrogens with one attached hydrogen (secondary N) is 1. The molecule has 0 saturated heterocycles. The van der Waals surface area contributed by atoms with Gasteiger partial charge in [-0.15, -0.1) is 5.10 Å². The molecule has 1 aromatic heterocycles. The van der Waals surface area contributed by atoms with Crippen molar-refractivity contribution in [2.75, 3.05) is 6.54 Å². The maximum absolute atomic E-state index is 4.22. The summed E-state index contributed by atoms with van der Waals surface area (Å²) in [6.45, 7) is 8.31. The highest BCUT2D eigenvalue weighted by atomic mass is 15.4. The Hall–Kier alpha value is -1.68. The lowest BCUT2D eigenvalue weighted by atomic mass is 10.1. The highest BCUT2D eigenvalue weighted by Crippen LogP contribution is 2.14. The highest BCUT2D eigenvalue weighted by Gasteiger charge is 2.06. The summed E-state index contributed by atoms with van der Waals surface area (Å²) >= 11 is 0. The van der Waals surface area contributed by atoms with E-state index in [0.29, 0.717) is 5.92 Å². The number of aryl methyl sites for hydroxylation is 1. The van der Waals surface area contributed by atoms with Gasteiger partial charge >= 0.3 is 0 Å². The zero-order valence-electron chi connectivity index (χ0n) is 11.9. The third kappa shape index (κ3) is 3.64. The molecule has 0 aliphatic heterocycles. The molecule has 0 atom stereocenters. The van der Waals surface area contributed by atoms with Gasteiger partial charge in [-0.2, -0.15) is 0 Å². The van der Waals surface area contributed by atoms with Gasteiger partial charge in [0.2, 0.25) is 0 Å². The molecular weight excluding hydrogens is 236 g/mol. The molecule has 0 fully saturated rings. The number of hydrogen-bond acceptors (Lipinski definition) is 3. The monoisotopic (exact) mass is 258 g/mol. The predicted octanol–water partition coefficient (Wildman–Crippen LogP) is 2.58. The van der Waals surface area contributed by atoms with Gasteiger partial charge in [0.25, 0.3) is 0 Å². The maximum Gasteiger partial charge on any atom is 0.0969 e. The van der Waals surface area contributed by atoms with Gasteiger partial charge in [0.1, 0.15) is 0 Å². The number of benzene rings is 1. The summed E-state index contributed by atoms with van der Waals surface area (Å²) in [5.74, 6) is 0.649. The van der Waals surface area contributed by atoms with E-state index in [-0.39, 0.29) is 0 Å². The Labute approximate surface area is 114 Å². The van der Waals surface area contributed by atoms with Crippen LogP contribution in [0.1, 0.15) is 32.0 Å². The second kappa shape index (κ2) is 6.48. The van der Waals surface area contributed by atoms with Crippen LogP contribution in [-0.4, -0.2) is 21.5 Å². The maximum atomic E-state index is 4.22. The van der Waals surface area contributed by atoms with E-state index in [9.17, 15) is 0 Å². The lowest BCUT2D eigenvalue weighted by molar-refractivity contribution is 0.548.